The molecule has 0 aliphatic heterocycles. The van der Waals surface area contributed by atoms with Crippen LogP contribution in [-0.4, -0.2) is 42.7 Å². The van der Waals surface area contributed by atoms with Crippen molar-refractivity contribution in [1.29, 1.82) is 0 Å². The number of ether oxygens (including phenoxy) is 1. The van der Waals surface area contributed by atoms with Crippen LogP contribution in [0.5, 0.6) is 0 Å². The summed E-state index contributed by atoms with van der Waals surface area (Å²) in [6.45, 7) is 3.70. The molecule has 3 aromatic rings. The molecule has 8 nitrogen and oxygen atoms in total. The highest BCUT2D eigenvalue weighted by molar-refractivity contribution is 7.98. The monoisotopic (exact) mass is 538 g/mol. The van der Waals surface area contributed by atoms with E-state index in [-0.39, 0.29) is 39.7 Å². The Balaban J connectivity index is 2.12. The Hall–Kier alpha value is -3.58. The first-order valence-electron chi connectivity index (χ1n) is 10.1. The highest BCUT2D eigenvalue weighted by Gasteiger charge is 2.33. The van der Waals surface area contributed by atoms with Gasteiger partial charge >= 0.3 is 6.18 Å². The first-order valence-corrected chi connectivity index (χ1v) is 13.4. The predicted octanol–water partition coefficient (Wildman–Crippen LogP) is 4.97. The summed E-state index contributed by atoms with van der Waals surface area (Å²) in [5.41, 5.74) is 4.75. The molecule has 1 aromatic heterocycles. The number of benzene rings is 2. The maximum Gasteiger partial charge on any atom is 0.418 e. The number of aromatic nitrogens is 2. The zero-order valence-corrected chi connectivity index (χ0v) is 20.7. The molecule has 0 bridgehead atoms. The molecule has 0 fully saturated rings. The van der Waals surface area contributed by atoms with E-state index in [1.807, 2.05) is 0 Å². The molecule has 0 saturated heterocycles. The number of nitrogens with zero attached hydrogens (tertiary/aromatic N) is 3. The number of allylic oxidation sites excluding steroid dienone is 1. The molecule has 1 heterocycles. The second-order valence-electron chi connectivity index (χ2n) is 7.31. The van der Waals surface area contributed by atoms with E-state index in [1.165, 1.54) is 54.2 Å². The average molecular weight is 539 g/mol. The zero-order chi connectivity index (χ0) is 26.5. The third kappa shape index (κ3) is 6.76. The van der Waals surface area contributed by atoms with Gasteiger partial charge in [-0.2, -0.15) is 18.2 Å². The summed E-state index contributed by atoms with van der Waals surface area (Å²) in [6.07, 6.45) is -0.610. The Morgan fingerprint density at radius 1 is 1.25 bits per heavy atom. The highest BCUT2D eigenvalue weighted by atomic mass is 32.2. The Morgan fingerprint density at radius 3 is 2.64 bits per heavy atom. The van der Waals surface area contributed by atoms with Crippen LogP contribution < -0.4 is 5.73 Å². The van der Waals surface area contributed by atoms with Gasteiger partial charge in [-0.3, -0.25) is 0 Å². The van der Waals surface area contributed by atoms with E-state index in [1.54, 1.807) is 12.3 Å². The molecule has 0 atom stereocenters. The molecule has 190 valence electrons. The van der Waals surface area contributed by atoms with Crippen molar-refractivity contribution in [2.24, 2.45) is 10.7 Å². The maximum atomic E-state index is 13.5. The van der Waals surface area contributed by atoms with Crippen molar-refractivity contribution in [2.45, 2.75) is 11.1 Å². The minimum Gasteiger partial charge on any atom is -0.481 e. The first-order chi connectivity index (χ1) is 16.9. The summed E-state index contributed by atoms with van der Waals surface area (Å²) >= 11 is 1.37. The van der Waals surface area contributed by atoms with Gasteiger partial charge in [0.1, 0.15) is 17.4 Å². The summed E-state index contributed by atoms with van der Waals surface area (Å²) in [6, 6.07) is 10.5. The van der Waals surface area contributed by atoms with Crippen LogP contribution >= 0.6 is 11.8 Å². The van der Waals surface area contributed by atoms with Crippen molar-refractivity contribution in [1.82, 2.24) is 10.1 Å². The van der Waals surface area contributed by atoms with Crippen LogP contribution in [0.1, 0.15) is 11.5 Å². The molecule has 0 saturated carbocycles. The third-order valence-electron chi connectivity index (χ3n) is 4.58. The number of nitrogens with two attached hydrogens (primary N) is 1. The average Bonchev–Trinajstić information content (AvgIpc) is 3.31. The quantitative estimate of drug-likeness (QED) is 0.175. The van der Waals surface area contributed by atoms with E-state index in [2.05, 4.69) is 21.7 Å². The molecular weight excluding hydrogens is 517 g/mol. The number of hydrogen-bond acceptors (Lipinski definition) is 9. The SMILES string of the molecule is C=C(OCSC)C(N)=CC(=Nc1ccccc1C(F)(F)F)c1nc(-c2cccc(S(C)(=O)=O)c2)no1. The van der Waals surface area contributed by atoms with Gasteiger partial charge in [-0.25, -0.2) is 13.4 Å². The first kappa shape index (κ1) is 27.0. The van der Waals surface area contributed by atoms with Crippen LogP contribution in [-0.2, 0) is 20.8 Å². The standard InChI is InChI=1S/C23H21F3N4O4S2/c1-14(33-13-35-2)18(27)12-20(28-19-10-5-4-9-17(19)23(24,25)26)22-29-21(30-34-22)15-7-6-8-16(11-15)36(3,31)32/h4-12H,1,13,27H2,2-3H3. The van der Waals surface area contributed by atoms with Crippen molar-refractivity contribution >= 4 is 33.0 Å². The minimum atomic E-state index is -4.67. The van der Waals surface area contributed by atoms with Crippen molar-refractivity contribution in [2.75, 3.05) is 18.5 Å². The van der Waals surface area contributed by atoms with E-state index >= 15 is 0 Å². The molecule has 0 unspecified atom stereocenters. The van der Waals surface area contributed by atoms with Crippen LogP contribution in [0.4, 0.5) is 18.9 Å². The number of sulfone groups is 1. The molecular formula is C23H21F3N4O4S2. The van der Waals surface area contributed by atoms with Crippen LogP contribution in [0.2, 0.25) is 0 Å². The Kier molecular flexibility index (Phi) is 8.25. The van der Waals surface area contributed by atoms with Crippen molar-refractivity contribution < 1.29 is 30.8 Å². The largest absolute Gasteiger partial charge is 0.481 e. The zero-order valence-electron chi connectivity index (χ0n) is 19.1. The lowest BCUT2D eigenvalue weighted by Crippen LogP contribution is -2.09. The Bertz CT molecular complexity index is 1430. The van der Waals surface area contributed by atoms with Gasteiger partial charge in [0, 0.05) is 11.8 Å². The lowest BCUT2D eigenvalue weighted by atomic mass is 10.1. The summed E-state index contributed by atoms with van der Waals surface area (Å²) in [4.78, 5) is 8.35. The summed E-state index contributed by atoms with van der Waals surface area (Å²) in [5.74, 6) is 0.0591. The van der Waals surface area contributed by atoms with E-state index < -0.39 is 27.3 Å². The van der Waals surface area contributed by atoms with E-state index in [0.29, 0.717) is 5.56 Å². The van der Waals surface area contributed by atoms with Gasteiger partial charge in [0.25, 0.3) is 5.89 Å². The lowest BCUT2D eigenvalue weighted by Gasteiger charge is -2.10. The maximum absolute atomic E-state index is 13.5. The van der Waals surface area contributed by atoms with Gasteiger partial charge in [-0.1, -0.05) is 36.0 Å². The molecule has 36 heavy (non-hydrogen) atoms. The van der Waals surface area contributed by atoms with Gasteiger partial charge in [0.2, 0.25) is 5.82 Å². The number of alkyl halides is 3. The molecule has 0 aliphatic rings. The van der Waals surface area contributed by atoms with Gasteiger partial charge in [0.05, 0.1) is 21.8 Å². The number of rotatable bonds is 9. The number of para-hydroxylation sites is 1. The van der Waals surface area contributed by atoms with Gasteiger partial charge in [0.15, 0.2) is 9.84 Å². The van der Waals surface area contributed by atoms with Gasteiger partial charge in [-0.05, 0) is 36.6 Å². The third-order valence-corrected chi connectivity index (χ3v) is 6.04. The van der Waals surface area contributed by atoms with E-state index in [4.69, 9.17) is 15.0 Å². The Morgan fingerprint density at radius 2 is 1.97 bits per heavy atom. The fraction of sp³-hybridized carbons (Fsp3) is 0.174. The molecule has 0 amide bonds. The van der Waals surface area contributed by atoms with E-state index in [9.17, 15) is 21.6 Å². The number of thioether (sulfide) groups is 1. The molecule has 2 aromatic carbocycles. The van der Waals surface area contributed by atoms with Crippen LogP contribution in [0.15, 0.2) is 87.1 Å². The molecule has 0 spiro atoms. The topological polar surface area (TPSA) is 121 Å². The predicted molar refractivity (Wildman–Crippen MR) is 131 cm³/mol. The van der Waals surface area contributed by atoms with Crippen LogP contribution in [0, 0.1) is 0 Å². The highest BCUT2D eigenvalue weighted by Crippen LogP contribution is 2.36. The van der Waals surface area contributed by atoms with Gasteiger partial charge in [-0.15, -0.1) is 11.8 Å². The van der Waals surface area contributed by atoms with Gasteiger partial charge < -0.3 is 15.0 Å². The fourth-order valence-electron chi connectivity index (χ4n) is 2.83. The smallest absolute Gasteiger partial charge is 0.418 e. The van der Waals surface area contributed by atoms with E-state index in [0.717, 1.165) is 12.3 Å². The summed E-state index contributed by atoms with van der Waals surface area (Å²) in [7, 11) is -3.50. The van der Waals surface area contributed by atoms with Crippen molar-refractivity contribution in [3.8, 4) is 11.4 Å². The normalized spacial score (nSPS) is 13.0. The summed E-state index contributed by atoms with van der Waals surface area (Å²) < 4.78 is 75.0. The van der Waals surface area contributed by atoms with Crippen molar-refractivity contribution in [3.05, 3.63) is 84.1 Å². The second-order valence-corrected chi connectivity index (χ2v) is 10.1. The molecule has 13 heteroatoms. The van der Waals surface area contributed by atoms with Crippen molar-refractivity contribution in [3.63, 3.8) is 0 Å². The molecule has 3 rings (SSSR count). The van der Waals surface area contributed by atoms with Crippen LogP contribution in [0.3, 0.4) is 0 Å². The second kappa shape index (κ2) is 11.0. The fourth-order valence-corrected chi connectivity index (χ4v) is 3.76. The summed E-state index contributed by atoms with van der Waals surface area (Å²) in [5, 5.41) is 3.83. The lowest BCUT2D eigenvalue weighted by molar-refractivity contribution is -0.137. The molecule has 2 N–H and O–H groups in total. The number of hydrogen-bond donors (Lipinski definition) is 1. The molecule has 0 radical (unpaired) electrons. The molecule has 0 aliphatic carbocycles. The minimum absolute atomic E-state index is 0.00302. The number of aliphatic imine (C=N–C) groups is 1. The number of halogens is 3. The van der Waals surface area contributed by atoms with Crippen LogP contribution in [0.25, 0.3) is 11.4 Å². The Labute approximate surface area is 209 Å².